The van der Waals surface area contributed by atoms with Gasteiger partial charge in [0.15, 0.2) is 11.8 Å². The molecular weight excluding hydrogens is 318 g/mol. The van der Waals surface area contributed by atoms with Crippen molar-refractivity contribution in [1.29, 1.82) is 0 Å². The summed E-state index contributed by atoms with van der Waals surface area (Å²) < 4.78 is 7.14. The number of rotatable bonds is 6. The minimum absolute atomic E-state index is 0.323. The molecule has 2 atom stereocenters. The van der Waals surface area contributed by atoms with Gasteiger partial charge in [-0.3, -0.25) is 4.99 Å². The van der Waals surface area contributed by atoms with Gasteiger partial charge in [-0.05, 0) is 39.8 Å². The maximum absolute atomic E-state index is 5.13. The number of hydrogen-bond donors (Lipinski definition) is 2. The highest BCUT2D eigenvalue weighted by Crippen LogP contribution is 2.15. The molecule has 0 spiro atoms. The Hall–Kier alpha value is -1.67. The summed E-state index contributed by atoms with van der Waals surface area (Å²) in [5.74, 6) is 2.73. The molecule has 0 aromatic carbocycles. The van der Waals surface area contributed by atoms with E-state index in [4.69, 9.17) is 9.73 Å². The maximum atomic E-state index is 5.13. The molecule has 1 saturated heterocycles. The number of nitrogens with one attached hydrogen (secondary N) is 2. The zero-order chi connectivity index (χ0) is 17.6. The van der Waals surface area contributed by atoms with E-state index in [0.29, 0.717) is 18.7 Å². The molecule has 2 aliphatic heterocycles. The average molecular weight is 349 g/mol. The highest BCUT2D eigenvalue weighted by Gasteiger charge is 2.23. The number of methoxy groups -OCH3 is 1. The average Bonchev–Trinajstić information content (AvgIpc) is 3.18. The molecule has 8 heteroatoms. The molecule has 0 amide bonds. The van der Waals surface area contributed by atoms with E-state index in [-0.39, 0.29) is 0 Å². The van der Waals surface area contributed by atoms with Crippen molar-refractivity contribution in [3.8, 4) is 0 Å². The van der Waals surface area contributed by atoms with Crippen LogP contribution in [-0.4, -0.2) is 71.5 Å². The number of aromatic nitrogens is 3. The van der Waals surface area contributed by atoms with Crippen LogP contribution in [0.5, 0.6) is 0 Å². The Labute approximate surface area is 150 Å². The summed E-state index contributed by atoms with van der Waals surface area (Å²) in [5, 5.41) is 11.5. The second-order valence-electron chi connectivity index (χ2n) is 6.94. The second-order valence-corrected chi connectivity index (χ2v) is 6.94. The van der Waals surface area contributed by atoms with E-state index in [1.165, 1.54) is 19.4 Å². The van der Waals surface area contributed by atoms with Gasteiger partial charge in [-0.15, -0.1) is 0 Å². The molecular formula is C17H31N7O. The summed E-state index contributed by atoms with van der Waals surface area (Å²) in [4.78, 5) is 11.8. The van der Waals surface area contributed by atoms with Crippen molar-refractivity contribution in [1.82, 2.24) is 30.3 Å². The molecule has 2 N–H and O–H groups in total. The molecule has 0 aliphatic carbocycles. The third kappa shape index (κ3) is 4.70. The van der Waals surface area contributed by atoms with Gasteiger partial charge >= 0.3 is 0 Å². The number of aliphatic imine (C=N–C) groups is 1. The maximum Gasteiger partial charge on any atom is 0.191 e. The van der Waals surface area contributed by atoms with Crippen LogP contribution in [0.15, 0.2) is 4.99 Å². The van der Waals surface area contributed by atoms with E-state index < -0.39 is 0 Å². The molecule has 1 aromatic heterocycles. The Kier molecular flexibility index (Phi) is 6.25. The van der Waals surface area contributed by atoms with Gasteiger partial charge in [0.05, 0.1) is 13.1 Å². The normalized spacial score (nSPS) is 24.4. The predicted molar refractivity (Wildman–Crippen MR) is 97.6 cm³/mol. The van der Waals surface area contributed by atoms with E-state index in [0.717, 1.165) is 50.1 Å². The van der Waals surface area contributed by atoms with Crippen molar-refractivity contribution in [2.75, 3.05) is 33.8 Å². The van der Waals surface area contributed by atoms with Gasteiger partial charge in [0.2, 0.25) is 0 Å². The summed E-state index contributed by atoms with van der Waals surface area (Å²) in [6.45, 7) is 6.30. The predicted octanol–water partition coefficient (Wildman–Crippen LogP) is 0.389. The second kappa shape index (κ2) is 8.62. The van der Waals surface area contributed by atoms with Crippen LogP contribution in [0, 0.1) is 0 Å². The summed E-state index contributed by atoms with van der Waals surface area (Å²) in [6.07, 6.45) is 4.49. The Balaban J connectivity index is 1.58. The van der Waals surface area contributed by atoms with Crippen LogP contribution in [0.1, 0.15) is 37.8 Å². The first kappa shape index (κ1) is 18.1. The topological polar surface area (TPSA) is 79.6 Å². The van der Waals surface area contributed by atoms with Crippen molar-refractivity contribution < 1.29 is 4.74 Å². The van der Waals surface area contributed by atoms with Crippen LogP contribution in [0.3, 0.4) is 0 Å². The molecule has 8 nitrogen and oxygen atoms in total. The Morgan fingerprint density at radius 3 is 3.00 bits per heavy atom. The SMILES string of the molecule is CCNC(=NCC1CCCN1C)NC1CCc2nc(COC)nn2C1. The first-order valence-corrected chi connectivity index (χ1v) is 9.36. The molecule has 0 radical (unpaired) electrons. The Morgan fingerprint density at radius 2 is 2.28 bits per heavy atom. The number of aryl methyl sites for hydroxylation is 1. The molecule has 1 aromatic rings. The highest BCUT2D eigenvalue weighted by atomic mass is 16.5. The van der Waals surface area contributed by atoms with Crippen molar-refractivity contribution in [3.05, 3.63) is 11.6 Å². The zero-order valence-corrected chi connectivity index (χ0v) is 15.7. The minimum atomic E-state index is 0.323. The summed E-state index contributed by atoms with van der Waals surface area (Å²) in [5.41, 5.74) is 0. The number of hydrogen-bond acceptors (Lipinski definition) is 5. The van der Waals surface area contributed by atoms with Gasteiger partial charge in [-0.25, -0.2) is 9.67 Å². The third-order valence-corrected chi connectivity index (χ3v) is 4.99. The van der Waals surface area contributed by atoms with Crippen LogP contribution >= 0.6 is 0 Å². The van der Waals surface area contributed by atoms with Crippen molar-refractivity contribution >= 4 is 5.96 Å². The van der Waals surface area contributed by atoms with Gasteiger partial charge in [0.1, 0.15) is 12.4 Å². The lowest BCUT2D eigenvalue weighted by molar-refractivity contribution is 0.177. The van der Waals surface area contributed by atoms with Crippen LogP contribution in [0.4, 0.5) is 0 Å². The van der Waals surface area contributed by atoms with Crippen LogP contribution in [0.2, 0.25) is 0 Å². The van der Waals surface area contributed by atoms with Crippen LogP contribution < -0.4 is 10.6 Å². The number of nitrogens with zero attached hydrogens (tertiary/aromatic N) is 5. The highest BCUT2D eigenvalue weighted by molar-refractivity contribution is 5.80. The van der Waals surface area contributed by atoms with Gasteiger partial charge < -0.3 is 20.3 Å². The van der Waals surface area contributed by atoms with E-state index in [2.05, 4.69) is 39.6 Å². The summed E-state index contributed by atoms with van der Waals surface area (Å²) in [7, 11) is 3.86. The smallest absolute Gasteiger partial charge is 0.191 e. The number of fused-ring (bicyclic) bond motifs is 1. The standard InChI is InChI=1S/C17H31N7O/c1-4-18-17(19-10-14-6-5-9-23(14)2)20-13-7-8-16-21-15(12-25-3)22-24(16)11-13/h13-14H,4-12H2,1-3H3,(H2,18,19,20). The molecule has 2 unspecified atom stereocenters. The van der Waals surface area contributed by atoms with Gasteiger partial charge in [0.25, 0.3) is 0 Å². The number of likely N-dealkylation sites (tertiary alicyclic amines) is 1. The fourth-order valence-corrected chi connectivity index (χ4v) is 3.59. The lowest BCUT2D eigenvalue weighted by atomic mass is 10.1. The minimum Gasteiger partial charge on any atom is -0.377 e. The van der Waals surface area contributed by atoms with E-state index in [1.54, 1.807) is 7.11 Å². The van der Waals surface area contributed by atoms with Crippen molar-refractivity contribution in [3.63, 3.8) is 0 Å². The van der Waals surface area contributed by atoms with Crippen LogP contribution in [0.25, 0.3) is 0 Å². The third-order valence-electron chi connectivity index (χ3n) is 4.99. The van der Waals surface area contributed by atoms with Crippen LogP contribution in [-0.2, 0) is 24.3 Å². The molecule has 3 rings (SSSR count). The first-order valence-electron chi connectivity index (χ1n) is 9.36. The van der Waals surface area contributed by atoms with Crippen molar-refractivity contribution in [2.45, 2.75) is 57.8 Å². The van der Waals surface area contributed by atoms with Gasteiger partial charge in [0, 0.05) is 32.2 Å². The first-order chi connectivity index (χ1) is 12.2. The Morgan fingerprint density at radius 1 is 1.40 bits per heavy atom. The summed E-state index contributed by atoms with van der Waals surface area (Å²) >= 11 is 0. The quantitative estimate of drug-likeness (QED) is 0.571. The Bertz CT molecular complexity index is 586. The van der Waals surface area contributed by atoms with E-state index >= 15 is 0 Å². The number of guanidine groups is 1. The van der Waals surface area contributed by atoms with Gasteiger partial charge in [-0.2, -0.15) is 5.10 Å². The van der Waals surface area contributed by atoms with Gasteiger partial charge in [-0.1, -0.05) is 0 Å². The molecule has 0 saturated carbocycles. The lowest BCUT2D eigenvalue weighted by Crippen LogP contribution is -2.47. The van der Waals surface area contributed by atoms with E-state index in [9.17, 15) is 0 Å². The molecule has 2 aliphatic rings. The molecule has 1 fully saturated rings. The van der Waals surface area contributed by atoms with E-state index in [1.807, 2.05) is 4.68 Å². The molecule has 0 bridgehead atoms. The monoisotopic (exact) mass is 349 g/mol. The molecule has 3 heterocycles. The number of ether oxygens (including phenoxy) is 1. The molecule has 140 valence electrons. The fraction of sp³-hybridized carbons (Fsp3) is 0.824. The summed E-state index contributed by atoms with van der Waals surface area (Å²) in [6, 6.07) is 0.893. The zero-order valence-electron chi connectivity index (χ0n) is 15.7. The fourth-order valence-electron chi connectivity index (χ4n) is 3.59. The van der Waals surface area contributed by atoms with Crippen molar-refractivity contribution in [2.24, 2.45) is 4.99 Å². The largest absolute Gasteiger partial charge is 0.377 e. The number of likely N-dealkylation sites (N-methyl/N-ethyl adjacent to an activating group) is 1. The molecule has 25 heavy (non-hydrogen) atoms. The lowest BCUT2D eigenvalue weighted by Gasteiger charge is -2.26.